The first-order chi connectivity index (χ1) is 13.7. The molecule has 0 saturated carbocycles. The van der Waals surface area contributed by atoms with Crippen molar-refractivity contribution in [3.63, 3.8) is 0 Å². The predicted molar refractivity (Wildman–Crippen MR) is 106 cm³/mol. The van der Waals surface area contributed by atoms with Gasteiger partial charge in [-0.25, -0.2) is 4.98 Å². The molecule has 8 heteroatoms. The molecule has 0 aliphatic carbocycles. The molecule has 3 aromatic heterocycles. The number of hydrogen-bond donors (Lipinski definition) is 1. The fraction of sp³-hybridized carbons (Fsp3) is 0.450. The van der Waals surface area contributed by atoms with Crippen LogP contribution in [0.25, 0.3) is 16.7 Å². The number of pyridine rings is 1. The van der Waals surface area contributed by atoms with E-state index in [1.807, 2.05) is 28.8 Å². The Morgan fingerprint density at radius 1 is 1.14 bits per heavy atom. The molecule has 1 fully saturated rings. The molecule has 0 atom stereocenters. The maximum Gasteiger partial charge on any atom is 0.276 e. The molecule has 28 heavy (non-hydrogen) atoms. The summed E-state index contributed by atoms with van der Waals surface area (Å²) in [7, 11) is 0. The zero-order chi connectivity index (χ0) is 19.3. The molecule has 0 bridgehead atoms. The maximum absolute atomic E-state index is 12.8. The van der Waals surface area contributed by atoms with Crippen molar-refractivity contribution >= 4 is 22.6 Å². The van der Waals surface area contributed by atoms with E-state index in [9.17, 15) is 9.59 Å². The second kappa shape index (κ2) is 8.53. The molecule has 148 valence electrons. The number of fused-ring (bicyclic) bond motifs is 3. The highest BCUT2D eigenvalue weighted by atomic mass is 16.5. The van der Waals surface area contributed by atoms with Crippen LogP contribution in [0.1, 0.15) is 12.8 Å². The average Bonchev–Trinajstić information content (AvgIpc) is 3.22. The third-order valence-electron chi connectivity index (χ3n) is 5.13. The van der Waals surface area contributed by atoms with Crippen LogP contribution in [0.5, 0.6) is 0 Å². The van der Waals surface area contributed by atoms with Crippen LogP contribution >= 0.6 is 0 Å². The van der Waals surface area contributed by atoms with Crippen LogP contribution in [-0.2, 0) is 16.1 Å². The summed E-state index contributed by atoms with van der Waals surface area (Å²) in [6.45, 7) is 5.40. The van der Waals surface area contributed by atoms with Crippen LogP contribution in [0.15, 0.2) is 41.5 Å². The van der Waals surface area contributed by atoms with Crippen LogP contribution in [0, 0.1) is 0 Å². The molecule has 0 spiro atoms. The Balaban J connectivity index is 1.36. The molecule has 0 radical (unpaired) electrons. The second-order valence-corrected chi connectivity index (χ2v) is 6.97. The largest absolute Gasteiger partial charge is 0.379 e. The zero-order valence-corrected chi connectivity index (χ0v) is 15.8. The van der Waals surface area contributed by atoms with Gasteiger partial charge in [0.1, 0.15) is 5.52 Å². The number of amides is 1. The summed E-state index contributed by atoms with van der Waals surface area (Å²) < 4.78 is 8.77. The first-order valence-corrected chi connectivity index (χ1v) is 9.75. The van der Waals surface area contributed by atoms with Crippen LogP contribution in [-0.4, -0.2) is 64.2 Å². The van der Waals surface area contributed by atoms with Crippen molar-refractivity contribution in [2.75, 3.05) is 39.4 Å². The van der Waals surface area contributed by atoms with E-state index in [0.717, 1.165) is 44.8 Å². The molecule has 4 heterocycles. The molecule has 1 saturated heterocycles. The van der Waals surface area contributed by atoms with Gasteiger partial charge in [-0.1, -0.05) is 0 Å². The highest BCUT2D eigenvalue weighted by Crippen LogP contribution is 2.13. The Morgan fingerprint density at radius 3 is 2.82 bits per heavy atom. The van der Waals surface area contributed by atoms with Crippen molar-refractivity contribution in [3.05, 3.63) is 47.0 Å². The van der Waals surface area contributed by atoms with Crippen molar-refractivity contribution in [1.82, 2.24) is 24.2 Å². The second-order valence-electron chi connectivity index (χ2n) is 6.97. The lowest BCUT2D eigenvalue weighted by Crippen LogP contribution is -2.38. The average molecular weight is 383 g/mol. The van der Waals surface area contributed by atoms with E-state index in [-0.39, 0.29) is 17.9 Å². The molecule has 1 aliphatic heterocycles. The maximum atomic E-state index is 12.8. The number of nitrogens with one attached hydrogen (secondary N) is 1. The third kappa shape index (κ3) is 3.93. The van der Waals surface area contributed by atoms with Gasteiger partial charge >= 0.3 is 0 Å². The Labute approximate surface area is 162 Å². The lowest BCUT2D eigenvalue weighted by atomic mass is 10.3. The van der Waals surface area contributed by atoms with Crippen molar-refractivity contribution in [2.45, 2.75) is 19.4 Å². The minimum atomic E-state index is -0.128. The van der Waals surface area contributed by atoms with Gasteiger partial charge < -0.3 is 14.5 Å². The van der Waals surface area contributed by atoms with Gasteiger partial charge in [-0.05, 0) is 37.2 Å². The normalized spacial score (nSPS) is 15.3. The van der Waals surface area contributed by atoms with E-state index in [4.69, 9.17) is 4.74 Å². The molecule has 1 amide bonds. The highest BCUT2D eigenvalue weighted by Gasteiger charge is 2.13. The lowest BCUT2D eigenvalue weighted by Gasteiger charge is -2.26. The van der Waals surface area contributed by atoms with Gasteiger partial charge in [-0.3, -0.25) is 19.1 Å². The van der Waals surface area contributed by atoms with Crippen LogP contribution in [0.3, 0.4) is 0 Å². The summed E-state index contributed by atoms with van der Waals surface area (Å²) in [4.78, 5) is 31.8. The van der Waals surface area contributed by atoms with E-state index < -0.39 is 0 Å². The van der Waals surface area contributed by atoms with Gasteiger partial charge in [0.25, 0.3) is 5.56 Å². The van der Waals surface area contributed by atoms with Gasteiger partial charge in [0.2, 0.25) is 5.91 Å². The van der Waals surface area contributed by atoms with Crippen molar-refractivity contribution in [3.8, 4) is 0 Å². The molecule has 3 aromatic rings. The molecule has 0 aromatic carbocycles. The number of carbonyl (C=O) groups excluding carboxylic acids is 1. The summed E-state index contributed by atoms with van der Waals surface area (Å²) in [6, 6.07) is 7.40. The molecule has 4 rings (SSSR count). The number of rotatable bonds is 7. The molecular weight excluding hydrogens is 358 g/mol. The number of aryl methyl sites for hydroxylation is 1. The fourth-order valence-electron chi connectivity index (χ4n) is 3.65. The van der Waals surface area contributed by atoms with Gasteiger partial charge in [0.15, 0.2) is 5.65 Å². The standard InChI is InChI=1S/C20H25N5O3/c26-18(21-8-3-9-23-12-14-28-15-13-23)6-11-25-19-16(4-1-7-22-19)24-10-2-5-17(24)20(25)27/h1-2,4-5,7,10H,3,6,8-9,11-15H2,(H,21,26). The monoisotopic (exact) mass is 383 g/mol. The van der Waals surface area contributed by atoms with Crippen molar-refractivity contribution in [1.29, 1.82) is 0 Å². The van der Waals surface area contributed by atoms with E-state index >= 15 is 0 Å². The van der Waals surface area contributed by atoms with Crippen LogP contribution in [0.4, 0.5) is 0 Å². The summed E-state index contributed by atoms with van der Waals surface area (Å²) in [5.74, 6) is -0.0479. The van der Waals surface area contributed by atoms with Gasteiger partial charge in [-0.2, -0.15) is 0 Å². The summed E-state index contributed by atoms with van der Waals surface area (Å²) in [5, 5.41) is 2.95. The topological polar surface area (TPSA) is 80.9 Å². The van der Waals surface area contributed by atoms with Crippen molar-refractivity contribution < 1.29 is 9.53 Å². The van der Waals surface area contributed by atoms with E-state index in [1.54, 1.807) is 16.8 Å². The third-order valence-corrected chi connectivity index (χ3v) is 5.13. The Morgan fingerprint density at radius 2 is 1.96 bits per heavy atom. The molecular formula is C20H25N5O3. The number of carbonyl (C=O) groups is 1. The van der Waals surface area contributed by atoms with E-state index in [0.29, 0.717) is 24.3 Å². The molecule has 1 aliphatic rings. The number of hydrogen-bond acceptors (Lipinski definition) is 5. The molecule has 1 N–H and O–H groups in total. The number of nitrogens with zero attached hydrogens (tertiary/aromatic N) is 4. The fourth-order valence-corrected chi connectivity index (χ4v) is 3.65. The first-order valence-electron chi connectivity index (χ1n) is 9.75. The summed E-state index contributed by atoms with van der Waals surface area (Å²) in [6.07, 6.45) is 4.68. The zero-order valence-electron chi connectivity index (χ0n) is 15.8. The predicted octanol–water partition coefficient (Wildman–Crippen LogP) is 0.878. The quantitative estimate of drug-likeness (QED) is 0.613. The van der Waals surface area contributed by atoms with Gasteiger partial charge in [0, 0.05) is 45.0 Å². The number of aromatic nitrogens is 3. The first kappa shape index (κ1) is 18.6. The minimum Gasteiger partial charge on any atom is -0.379 e. The highest BCUT2D eigenvalue weighted by molar-refractivity contribution is 5.77. The molecule has 0 unspecified atom stereocenters. The summed E-state index contributed by atoms with van der Waals surface area (Å²) in [5.41, 5.74) is 1.91. The van der Waals surface area contributed by atoms with Gasteiger partial charge in [0.05, 0.1) is 18.7 Å². The SMILES string of the molecule is O=C(CCn1c(=O)c2cccn2c2cccnc21)NCCCN1CCOCC1. The van der Waals surface area contributed by atoms with Crippen LogP contribution < -0.4 is 10.9 Å². The van der Waals surface area contributed by atoms with E-state index in [2.05, 4.69) is 15.2 Å². The smallest absolute Gasteiger partial charge is 0.276 e. The summed E-state index contributed by atoms with van der Waals surface area (Å²) >= 11 is 0. The van der Waals surface area contributed by atoms with Gasteiger partial charge in [-0.15, -0.1) is 0 Å². The van der Waals surface area contributed by atoms with E-state index in [1.165, 1.54) is 0 Å². The lowest BCUT2D eigenvalue weighted by molar-refractivity contribution is -0.121. The van der Waals surface area contributed by atoms with Crippen LogP contribution in [0.2, 0.25) is 0 Å². The number of morpholine rings is 1. The Hall–Kier alpha value is -2.71. The Bertz CT molecular complexity index is 1020. The molecule has 8 nitrogen and oxygen atoms in total. The number of ether oxygens (including phenoxy) is 1. The Kier molecular flexibility index (Phi) is 5.68. The van der Waals surface area contributed by atoms with Crippen molar-refractivity contribution in [2.24, 2.45) is 0 Å². The minimum absolute atomic E-state index is 0.0479.